The second-order valence-electron chi connectivity index (χ2n) is 4.53. The van der Waals surface area contributed by atoms with Gasteiger partial charge in [0.2, 0.25) is 0 Å². The molecule has 0 saturated heterocycles. The number of hydrogen-bond donors (Lipinski definition) is 1. The summed E-state index contributed by atoms with van der Waals surface area (Å²) >= 11 is 1.41. The molecule has 0 atom stereocenters. The molecule has 0 radical (unpaired) electrons. The predicted molar refractivity (Wildman–Crippen MR) is 78.9 cm³/mol. The normalized spacial score (nSPS) is 10.9. The van der Waals surface area contributed by atoms with E-state index in [4.69, 9.17) is 5.73 Å². The van der Waals surface area contributed by atoms with Gasteiger partial charge in [-0.25, -0.2) is 9.37 Å². The van der Waals surface area contributed by atoms with Crippen LogP contribution < -0.4 is 5.73 Å². The van der Waals surface area contributed by atoms with E-state index in [0.29, 0.717) is 10.7 Å². The minimum atomic E-state index is -0.273. The lowest BCUT2D eigenvalue weighted by atomic mass is 10.1. The van der Waals surface area contributed by atoms with Crippen molar-refractivity contribution in [3.8, 4) is 22.0 Å². The zero-order valence-corrected chi connectivity index (χ0v) is 11.9. The third-order valence-electron chi connectivity index (χ3n) is 2.99. The van der Waals surface area contributed by atoms with Crippen LogP contribution in [0, 0.1) is 12.7 Å². The van der Waals surface area contributed by atoms with E-state index < -0.39 is 0 Å². The summed E-state index contributed by atoms with van der Waals surface area (Å²) in [4.78, 5) is 4.56. The van der Waals surface area contributed by atoms with Gasteiger partial charge in [0.25, 0.3) is 0 Å². The Bertz CT molecular complexity index is 758. The van der Waals surface area contributed by atoms with Crippen LogP contribution in [0.2, 0.25) is 0 Å². The molecule has 3 rings (SSSR count). The van der Waals surface area contributed by atoms with Crippen molar-refractivity contribution in [3.05, 3.63) is 41.8 Å². The molecule has 0 amide bonds. The quantitative estimate of drug-likeness (QED) is 0.787. The van der Waals surface area contributed by atoms with Gasteiger partial charge >= 0.3 is 0 Å². The number of anilines is 1. The molecule has 0 fully saturated rings. The van der Waals surface area contributed by atoms with Crippen LogP contribution in [0.5, 0.6) is 0 Å². The third kappa shape index (κ3) is 2.18. The molecule has 0 bridgehead atoms. The fourth-order valence-electron chi connectivity index (χ4n) is 2.07. The summed E-state index contributed by atoms with van der Waals surface area (Å²) in [5, 5.41) is 5.73. The van der Waals surface area contributed by atoms with E-state index in [1.54, 1.807) is 16.8 Å². The highest BCUT2D eigenvalue weighted by molar-refractivity contribution is 7.19. The van der Waals surface area contributed by atoms with E-state index >= 15 is 0 Å². The zero-order valence-electron chi connectivity index (χ0n) is 11.1. The van der Waals surface area contributed by atoms with Crippen molar-refractivity contribution in [2.24, 2.45) is 7.05 Å². The Kier molecular flexibility index (Phi) is 3.02. The monoisotopic (exact) mass is 288 g/mol. The van der Waals surface area contributed by atoms with E-state index in [9.17, 15) is 4.39 Å². The zero-order chi connectivity index (χ0) is 14.3. The van der Waals surface area contributed by atoms with Gasteiger partial charge < -0.3 is 5.73 Å². The highest BCUT2D eigenvalue weighted by Crippen LogP contribution is 2.35. The number of aromatic nitrogens is 3. The summed E-state index contributed by atoms with van der Waals surface area (Å²) in [6.07, 6.45) is 0. The lowest BCUT2D eigenvalue weighted by molar-refractivity contribution is 0.628. The van der Waals surface area contributed by atoms with Gasteiger partial charge in [-0.3, -0.25) is 4.68 Å². The average molecular weight is 288 g/mol. The standard InChI is InChI=1S/C14H13FN4S/c1-8-7-11(19(2)18-8)14-17-12(13(16)20-14)9-3-5-10(15)6-4-9/h3-7H,16H2,1-2H3. The van der Waals surface area contributed by atoms with Crippen LogP contribution in [0.15, 0.2) is 30.3 Å². The molecule has 2 aromatic heterocycles. The number of nitrogens with zero attached hydrogens (tertiary/aromatic N) is 3. The van der Waals surface area contributed by atoms with Crippen LogP contribution in [-0.4, -0.2) is 14.8 Å². The molecule has 0 aliphatic rings. The molecule has 3 aromatic rings. The lowest BCUT2D eigenvalue weighted by Crippen LogP contribution is -1.93. The fourth-order valence-corrected chi connectivity index (χ4v) is 2.97. The van der Waals surface area contributed by atoms with Crippen molar-refractivity contribution in [2.75, 3.05) is 5.73 Å². The van der Waals surface area contributed by atoms with Gasteiger partial charge in [-0.2, -0.15) is 5.10 Å². The van der Waals surface area contributed by atoms with Crippen LogP contribution in [0.25, 0.3) is 22.0 Å². The Morgan fingerprint density at radius 2 is 1.95 bits per heavy atom. The van der Waals surface area contributed by atoms with E-state index in [0.717, 1.165) is 22.0 Å². The average Bonchev–Trinajstić information content (AvgIpc) is 2.93. The second kappa shape index (κ2) is 4.72. The Morgan fingerprint density at radius 1 is 1.25 bits per heavy atom. The van der Waals surface area contributed by atoms with Crippen molar-refractivity contribution in [1.82, 2.24) is 14.8 Å². The summed E-state index contributed by atoms with van der Waals surface area (Å²) < 4.78 is 14.7. The SMILES string of the molecule is Cc1cc(-c2nc(-c3ccc(F)cc3)c(N)s2)n(C)n1. The van der Waals surface area contributed by atoms with Gasteiger partial charge in [0.15, 0.2) is 0 Å². The maximum absolute atomic E-state index is 13.0. The van der Waals surface area contributed by atoms with E-state index in [-0.39, 0.29) is 5.82 Å². The van der Waals surface area contributed by atoms with Crippen LogP contribution in [0.1, 0.15) is 5.69 Å². The molecule has 0 aliphatic carbocycles. The Hall–Kier alpha value is -2.21. The highest BCUT2D eigenvalue weighted by Gasteiger charge is 2.15. The number of thiazole rings is 1. The topological polar surface area (TPSA) is 56.7 Å². The van der Waals surface area contributed by atoms with Crippen LogP contribution in [0.3, 0.4) is 0 Å². The van der Waals surface area contributed by atoms with E-state index in [1.165, 1.54) is 23.5 Å². The summed E-state index contributed by atoms with van der Waals surface area (Å²) in [6, 6.07) is 8.13. The molecule has 6 heteroatoms. The van der Waals surface area contributed by atoms with Crippen molar-refractivity contribution in [2.45, 2.75) is 6.92 Å². The maximum Gasteiger partial charge on any atom is 0.144 e. The first-order valence-electron chi connectivity index (χ1n) is 6.08. The number of rotatable bonds is 2. The summed E-state index contributed by atoms with van der Waals surface area (Å²) in [7, 11) is 1.87. The van der Waals surface area contributed by atoms with Crippen LogP contribution >= 0.6 is 11.3 Å². The van der Waals surface area contributed by atoms with Gasteiger partial charge in [-0.15, -0.1) is 0 Å². The van der Waals surface area contributed by atoms with Gasteiger partial charge in [0.1, 0.15) is 21.5 Å². The van der Waals surface area contributed by atoms with Gasteiger partial charge in [0.05, 0.1) is 11.4 Å². The number of nitrogens with two attached hydrogens (primary N) is 1. The second-order valence-corrected chi connectivity index (χ2v) is 5.56. The van der Waals surface area contributed by atoms with Crippen molar-refractivity contribution in [3.63, 3.8) is 0 Å². The first kappa shape index (κ1) is 12.8. The molecule has 0 saturated carbocycles. The van der Waals surface area contributed by atoms with Crippen molar-refractivity contribution < 1.29 is 4.39 Å². The van der Waals surface area contributed by atoms with Gasteiger partial charge in [-0.05, 0) is 37.3 Å². The van der Waals surface area contributed by atoms with Gasteiger partial charge in [0, 0.05) is 12.6 Å². The van der Waals surface area contributed by atoms with Crippen molar-refractivity contribution in [1.29, 1.82) is 0 Å². The summed E-state index contributed by atoms with van der Waals surface area (Å²) in [6.45, 7) is 1.93. The predicted octanol–water partition coefficient (Wildman–Crippen LogP) is 3.24. The Labute approximate surface area is 119 Å². The maximum atomic E-state index is 13.0. The Morgan fingerprint density at radius 3 is 2.55 bits per heavy atom. The number of aryl methyl sites for hydroxylation is 2. The molecule has 0 spiro atoms. The van der Waals surface area contributed by atoms with E-state index in [2.05, 4.69) is 10.1 Å². The Balaban J connectivity index is 2.07. The lowest BCUT2D eigenvalue weighted by Gasteiger charge is -1.98. The first-order valence-corrected chi connectivity index (χ1v) is 6.89. The largest absolute Gasteiger partial charge is 0.389 e. The summed E-state index contributed by atoms with van der Waals surface area (Å²) in [5.41, 5.74) is 9.39. The molecule has 1 aromatic carbocycles. The minimum Gasteiger partial charge on any atom is -0.389 e. The molecular weight excluding hydrogens is 275 g/mol. The molecule has 0 unspecified atom stereocenters. The number of halogens is 1. The molecule has 2 heterocycles. The molecule has 20 heavy (non-hydrogen) atoms. The molecule has 2 N–H and O–H groups in total. The fraction of sp³-hybridized carbons (Fsp3) is 0.143. The molecular formula is C14H13FN4S. The number of hydrogen-bond acceptors (Lipinski definition) is 4. The smallest absolute Gasteiger partial charge is 0.144 e. The first-order chi connectivity index (χ1) is 9.54. The van der Waals surface area contributed by atoms with Gasteiger partial charge in [-0.1, -0.05) is 11.3 Å². The van der Waals surface area contributed by atoms with Crippen LogP contribution in [0.4, 0.5) is 9.39 Å². The molecule has 0 aliphatic heterocycles. The molecule has 4 nitrogen and oxygen atoms in total. The summed E-state index contributed by atoms with van der Waals surface area (Å²) in [5.74, 6) is -0.273. The molecule has 102 valence electrons. The third-order valence-corrected chi connectivity index (χ3v) is 3.90. The number of nitrogen functional groups attached to an aromatic ring is 1. The van der Waals surface area contributed by atoms with Crippen molar-refractivity contribution >= 4 is 16.3 Å². The highest BCUT2D eigenvalue weighted by atomic mass is 32.1. The number of benzene rings is 1. The minimum absolute atomic E-state index is 0.273. The van der Waals surface area contributed by atoms with E-state index in [1.807, 2.05) is 20.0 Å². The van der Waals surface area contributed by atoms with Crippen LogP contribution in [-0.2, 0) is 7.05 Å².